The molecule has 0 bridgehead atoms. The van der Waals surface area contributed by atoms with E-state index in [0.717, 1.165) is 49.2 Å². The van der Waals surface area contributed by atoms with Gasteiger partial charge in [-0.25, -0.2) is 9.69 Å². The first-order valence-electron chi connectivity index (χ1n) is 12.2. The Morgan fingerprint density at radius 2 is 1.67 bits per heavy atom. The molecule has 3 aromatic rings. The van der Waals surface area contributed by atoms with Gasteiger partial charge in [0, 0.05) is 40.9 Å². The van der Waals surface area contributed by atoms with Gasteiger partial charge in [-0.15, -0.1) is 0 Å². The number of amides is 1. The van der Waals surface area contributed by atoms with Crippen LogP contribution >= 0.6 is 34.8 Å². The average Bonchev–Trinajstić information content (AvgIpc) is 3.17. The molecule has 1 fully saturated rings. The monoisotopic (exact) mass is 550 g/mol. The Bertz CT molecular complexity index is 1160. The molecule has 1 aliphatic heterocycles. The first-order chi connectivity index (χ1) is 17.2. The van der Waals surface area contributed by atoms with E-state index in [4.69, 9.17) is 39.9 Å². The van der Waals surface area contributed by atoms with E-state index in [9.17, 15) is 4.79 Å². The zero-order chi connectivity index (χ0) is 26.2. The van der Waals surface area contributed by atoms with Crippen molar-refractivity contribution < 1.29 is 9.90 Å². The van der Waals surface area contributed by atoms with Gasteiger partial charge in [0.1, 0.15) is 0 Å². The summed E-state index contributed by atoms with van der Waals surface area (Å²) in [4.78, 5) is 13.1. The molecule has 0 radical (unpaired) electrons. The van der Waals surface area contributed by atoms with Crippen LogP contribution in [0, 0.1) is 12.8 Å². The number of hydrogen-bond donors (Lipinski definition) is 2. The number of rotatable bonds is 6. The number of carbonyl (C=O) groups is 1. The van der Waals surface area contributed by atoms with Crippen LogP contribution in [0.3, 0.4) is 0 Å². The van der Waals surface area contributed by atoms with E-state index in [1.807, 2.05) is 36.2 Å². The summed E-state index contributed by atoms with van der Waals surface area (Å²) < 4.78 is 1.70. The van der Waals surface area contributed by atoms with Gasteiger partial charge in [-0.05, 0) is 62.4 Å². The van der Waals surface area contributed by atoms with Crippen molar-refractivity contribution in [3.05, 3.63) is 68.8 Å². The number of aromatic nitrogens is 2. The minimum Gasteiger partial charge on any atom is -0.396 e. The van der Waals surface area contributed by atoms with Gasteiger partial charge in [-0.1, -0.05) is 67.2 Å². The summed E-state index contributed by atoms with van der Waals surface area (Å²) in [5.74, 6) is 0.420. The predicted molar refractivity (Wildman–Crippen MR) is 148 cm³/mol. The van der Waals surface area contributed by atoms with Crippen LogP contribution in [0.2, 0.25) is 15.1 Å². The molecule has 0 saturated carbocycles. The lowest BCUT2D eigenvalue weighted by Gasteiger charge is -2.26. The first-order valence-corrected chi connectivity index (χ1v) is 13.3. The second-order valence-electron chi connectivity index (χ2n) is 9.23. The van der Waals surface area contributed by atoms with Gasteiger partial charge in [0.25, 0.3) is 5.91 Å². The van der Waals surface area contributed by atoms with Gasteiger partial charge >= 0.3 is 0 Å². The van der Waals surface area contributed by atoms with Crippen molar-refractivity contribution >= 4 is 40.7 Å². The van der Waals surface area contributed by atoms with Crippen molar-refractivity contribution in [3.8, 4) is 16.9 Å². The van der Waals surface area contributed by atoms with Crippen LogP contribution in [0.1, 0.15) is 55.6 Å². The summed E-state index contributed by atoms with van der Waals surface area (Å²) >= 11 is 18.6. The number of piperidine rings is 1. The molecule has 0 aliphatic carbocycles. The fourth-order valence-corrected chi connectivity index (χ4v) is 4.56. The van der Waals surface area contributed by atoms with Gasteiger partial charge < -0.3 is 5.11 Å². The lowest BCUT2D eigenvalue weighted by atomic mass is 10.1. The molecule has 6 nitrogen and oxygen atoms in total. The zero-order valence-electron chi connectivity index (χ0n) is 20.9. The first kappa shape index (κ1) is 28.5. The minimum atomic E-state index is -0.228. The van der Waals surface area contributed by atoms with Gasteiger partial charge in [0.05, 0.1) is 16.4 Å². The highest BCUT2D eigenvalue weighted by Gasteiger charge is 2.24. The van der Waals surface area contributed by atoms with E-state index in [1.54, 1.807) is 22.9 Å². The topological polar surface area (TPSA) is 70.4 Å². The highest BCUT2D eigenvalue weighted by molar-refractivity contribution is 6.35. The maximum absolute atomic E-state index is 13.1. The normalized spacial score (nSPS) is 13.9. The summed E-state index contributed by atoms with van der Waals surface area (Å²) in [5.41, 5.74) is 6.42. The second kappa shape index (κ2) is 13.5. The molecule has 0 spiro atoms. The number of hydrogen-bond acceptors (Lipinski definition) is 4. The minimum absolute atomic E-state index is 0.228. The maximum Gasteiger partial charge on any atom is 0.286 e. The summed E-state index contributed by atoms with van der Waals surface area (Å²) in [6.45, 7) is 8.10. The van der Waals surface area contributed by atoms with Crippen molar-refractivity contribution in [2.75, 3.05) is 19.7 Å². The van der Waals surface area contributed by atoms with E-state index in [-0.39, 0.29) is 5.91 Å². The molecule has 2 aromatic carbocycles. The van der Waals surface area contributed by atoms with E-state index >= 15 is 0 Å². The van der Waals surface area contributed by atoms with Crippen molar-refractivity contribution in [2.45, 2.75) is 46.5 Å². The smallest absolute Gasteiger partial charge is 0.286 e. The third-order valence-electron chi connectivity index (χ3n) is 5.92. The third kappa shape index (κ3) is 7.46. The number of carbonyl (C=O) groups excluding carboxylic acids is 1. The molecule has 9 heteroatoms. The molecule has 2 heterocycles. The number of aliphatic hydroxyl groups is 1. The average molecular weight is 552 g/mol. The molecule has 1 amide bonds. The quantitative estimate of drug-likeness (QED) is 0.347. The lowest BCUT2D eigenvalue weighted by Crippen LogP contribution is -2.45. The van der Waals surface area contributed by atoms with Gasteiger partial charge in [-0.2, -0.15) is 5.10 Å². The molecule has 1 aliphatic rings. The number of benzene rings is 2. The fraction of sp³-hybridized carbons (Fsp3) is 0.407. The Morgan fingerprint density at radius 1 is 1.03 bits per heavy atom. The van der Waals surface area contributed by atoms with E-state index < -0.39 is 0 Å². The van der Waals surface area contributed by atoms with E-state index in [1.165, 1.54) is 6.42 Å². The molecule has 1 saturated heterocycles. The molecule has 2 N–H and O–H groups in total. The fourth-order valence-electron chi connectivity index (χ4n) is 3.95. The highest BCUT2D eigenvalue weighted by Crippen LogP contribution is 2.33. The predicted octanol–water partition coefficient (Wildman–Crippen LogP) is 6.96. The maximum atomic E-state index is 13.1. The van der Waals surface area contributed by atoms with Crippen molar-refractivity contribution in [1.29, 1.82) is 0 Å². The Hall–Kier alpha value is -2.09. The van der Waals surface area contributed by atoms with E-state index in [2.05, 4.69) is 24.4 Å². The Morgan fingerprint density at radius 3 is 2.22 bits per heavy atom. The third-order valence-corrected chi connectivity index (χ3v) is 6.70. The van der Waals surface area contributed by atoms with Gasteiger partial charge in [-0.3, -0.25) is 10.2 Å². The van der Waals surface area contributed by atoms with Crippen LogP contribution in [0.4, 0.5) is 0 Å². The number of halogens is 3. The molecule has 0 atom stereocenters. The summed E-state index contributed by atoms with van der Waals surface area (Å²) in [6, 6.07) is 12.6. The van der Waals surface area contributed by atoms with Gasteiger partial charge in [0.15, 0.2) is 5.69 Å². The number of nitrogens with zero attached hydrogens (tertiary/aromatic N) is 3. The van der Waals surface area contributed by atoms with Crippen molar-refractivity contribution in [3.63, 3.8) is 0 Å². The van der Waals surface area contributed by atoms with Crippen LogP contribution in [0.5, 0.6) is 0 Å². The zero-order valence-corrected chi connectivity index (χ0v) is 23.2. The molecular weight excluding hydrogens is 519 g/mol. The van der Waals surface area contributed by atoms with Crippen molar-refractivity contribution in [1.82, 2.24) is 20.2 Å². The van der Waals surface area contributed by atoms with E-state index in [0.29, 0.717) is 39.0 Å². The SMILES string of the molecule is CC(C)CCO.Cc1c(C(=O)NN2CCCCC2)nn(-c2ccc(Cl)cc2Cl)c1-c1ccc(Cl)cc1. The van der Waals surface area contributed by atoms with Crippen LogP contribution in [0.15, 0.2) is 42.5 Å². The van der Waals surface area contributed by atoms with Crippen LogP contribution in [-0.4, -0.2) is 45.5 Å². The number of aliphatic hydroxyl groups excluding tert-OH is 1. The van der Waals surface area contributed by atoms with Crippen LogP contribution in [-0.2, 0) is 0 Å². The Labute approximate surface area is 228 Å². The van der Waals surface area contributed by atoms with Gasteiger partial charge in [0.2, 0.25) is 0 Å². The summed E-state index contributed by atoms with van der Waals surface area (Å²) in [7, 11) is 0. The Balaban J connectivity index is 0.000000538. The molecular formula is C27H33Cl3N4O2. The molecule has 194 valence electrons. The number of nitrogens with one attached hydrogen (secondary N) is 1. The molecule has 1 aromatic heterocycles. The number of hydrazine groups is 1. The standard InChI is InChI=1S/C22H21Cl3N4O.C5H12O/c1-14-20(22(30)27-28-11-3-2-4-12-28)26-29(19-10-9-17(24)13-18(19)25)21(14)15-5-7-16(23)8-6-15;1-5(2)3-4-6/h5-10,13H,2-4,11-12H2,1H3,(H,27,30);5-6H,3-4H2,1-2H3. The van der Waals surface area contributed by atoms with Crippen molar-refractivity contribution in [2.24, 2.45) is 5.92 Å². The Kier molecular flexibility index (Phi) is 10.6. The summed E-state index contributed by atoms with van der Waals surface area (Å²) in [6.07, 6.45) is 4.27. The summed E-state index contributed by atoms with van der Waals surface area (Å²) in [5, 5.41) is 16.5. The largest absolute Gasteiger partial charge is 0.396 e. The van der Waals surface area contributed by atoms with Crippen LogP contribution in [0.25, 0.3) is 16.9 Å². The second-order valence-corrected chi connectivity index (χ2v) is 10.5. The highest BCUT2D eigenvalue weighted by atomic mass is 35.5. The van der Waals surface area contributed by atoms with Crippen LogP contribution < -0.4 is 5.43 Å². The molecule has 36 heavy (non-hydrogen) atoms. The molecule has 0 unspecified atom stereocenters. The molecule has 4 rings (SSSR count). The lowest BCUT2D eigenvalue weighted by molar-refractivity contribution is 0.0743.